The Morgan fingerprint density at radius 3 is 2.80 bits per heavy atom. The monoisotopic (exact) mass is 227 g/mol. The first-order valence-corrected chi connectivity index (χ1v) is 4.91. The Bertz CT molecular complexity index is 415. The SMILES string of the molecule is COc1cc(C2(C(=O)O)CC2)c(Cl)cn1. The van der Waals surface area contributed by atoms with Crippen LogP contribution in [0.25, 0.3) is 0 Å². The molecule has 2 rings (SSSR count). The average molecular weight is 228 g/mol. The number of carboxylic acid groups (broad SMARTS) is 1. The van der Waals surface area contributed by atoms with Crippen LogP contribution >= 0.6 is 11.6 Å². The van der Waals surface area contributed by atoms with Crippen molar-refractivity contribution in [3.63, 3.8) is 0 Å². The minimum atomic E-state index is -0.836. The molecule has 1 saturated carbocycles. The first-order valence-electron chi connectivity index (χ1n) is 4.53. The van der Waals surface area contributed by atoms with Crippen LogP contribution in [-0.4, -0.2) is 23.2 Å². The number of carboxylic acids is 1. The third-order valence-corrected chi connectivity index (χ3v) is 3.02. The van der Waals surface area contributed by atoms with Gasteiger partial charge in [0.1, 0.15) is 0 Å². The van der Waals surface area contributed by atoms with Crippen LogP contribution in [-0.2, 0) is 10.2 Å². The van der Waals surface area contributed by atoms with Gasteiger partial charge in [0, 0.05) is 12.3 Å². The van der Waals surface area contributed by atoms with Gasteiger partial charge >= 0.3 is 5.97 Å². The van der Waals surface area contributed by atoms with Gasteiger partial charge in [-0.1, -0.05) is 11.6 Å². The van der Waals surface area contributed by atoms with E-state index >= 15 is 0 Å². The van der Waals surface area contributed by atoms with Gasteiger partial charge in [0.05, 0.1) is 17.5 Å². The summed E-state index contributed by atoms with van der Waals surface area (Å²) in [6.45, 7) is 0. The van der Waals surface area contributed by atoms with E-state index in [-0.39, 0.29) is 0 Å². The molecule has 1 aliphatic rings. The Balaban J connectivity index is 2.47. The fourth-order valence-electron chi connectivity index (χ4n) is 1.62. The van der Waals surface area contributed by atoms with Gasteiger partial charge in [0.15, 0.2) is 0 Å². The summed E-state index contributed by atoms with van der Waals surface area (Å²) in [6, 6.07) is 1.60. The van der Waals surface area contributed by atoms with E-state index in [0.29, 0.717) is 29.3 Å². The normalized spacial score (nSPS) is 17.2. The molecule has 1 fully saturated rings. The van der Waals surface area contributed by atoms with Crippen LogP contribution in [0.1, 0.15) is 18.4 Å². The van der Waals surface area contributed by atoms with Crippen LogP contribution in [0, 0.1) is 0 Å². The maximum absolute atomic E-state index is 11.1. The molecule has 0 saturated heterocycles. The van der Waals surface area contributed by atoms with E-state index < -0.39 is 11.4 Å². The molecule has 0 atom stereocenters. The van der Waals surface area contributed by atoms with E-state index in [2.05, 4.69) is 4.98 Å². The van der Waals surface area contributed by atoms with E-state index in [1.54, 1.807) is 6.07 Å². The third-order valence-electron chi connectivity index (χ3n) is 2.71. The van der Waals surface area contributed by atoms with Crippen molar-refractivity contribution in [2.75, 3.05) is 7.11 Å². The van der Waals surface area contributed by atoms with Crippen molar-refractivity contribution in [3.05, 3.63) is 22.8 Å². The summed E-state index contributed by atoms with van der Waals surface area (Å²) in [5, 5.41) is 9.51. The van der Waals surface area contributed by atoms with Gasteiger partial charge in [0.2, 0.25) is 5.88 Å². The zero-order valence-electron chi connectivity index (χ0n) is 8.16. The van der Waals surface area contributed by atoms with E-state index in [4.69, 9.17) is 21.4 Å². The smallest absolute Gasteiger partial charge is 0.314 e. The molecule has 1 aromatic rings. The molecule has 0 aliphatic heterocycles. The number of halogens is 1. The highest BCUT2D eigenvalue weighted by Crippen LogP contribution is 2.51. The minimum absolute atomic E-state index is 0.385. The molecule has 0 aromatic carbocycles. The lowest BCUT2D eigenvalue weighted by Gasteiger charge is -2.12. The Kier molecular flexibility index (Phi) is 2.31. The zero-order valence-corrected chi connectivity index (χ0v) is 8.91. The number of nitrogens with zero attached hydrogens (tertiary/aromatic N) is 1. The molecule has 1 aromatic heterocycles. The van der Waals surface area contributed by atoms with Crippen LogP contribution in [0.2, 0.25) is 5.02 Å². The molecule has 80 valence electrons. The number of ether oxygens (including phenoxy) is 1. The number of carbonyl (C=O) groups is 1. The Morgan fingerprint density at radius 1 is 1.67 bits per heavy atom. The zero-order chi connectivity index (χ0) is 11.1. The molecule has 5 heteroatoms. The number of aromatic nitrogens is 1. The van der Waals surface area contributed by atoms with Gasteiger partial charge in [-0.3, -0.25) is 4.79 Å². The topological polar surface area (TPSA) is 59.4 Å². The molecule has 1 aliphatic carbocycles. The van der Waals surface area contributed by atoms with Gasteiger partial charge in [0.25, 0.3) is 0 Å². The number of hydrogen-bond donors (Lipinski definition) is 1. The van der Waals surface area contributed by atoms with Crippen molar-refractivity contribution in [2.45, 2.75) is 18.3 Å². The second-order valence-corrected chi connectivity index (χ2v) is 4.00. The van der Waals surface area contributed by atoms with Gasteiger partial charge < -0.3 is 9.84 Å². The Morgan fingerprint density at radius 2 is 2.33 bits per heavy atom. The minimum Gasteiger partial charge on any atom is -0.481 e. The summed E-state index contributed by atoms with van der Waals surface area (Å²) in [5.41, 5.74) is -0.212. The molecular formula is C10H10ClNO3. The molecule has 1 heterocycles. The van der Waals surface area contributed by atoms with Crippen LogP contribution in [0.4, 0.5) is 0 Å². The molecular weight excluding hydrogens is 218 g/mol. The molecule has 1 N–H and O–H groups in total. The standard InChI is InChI=1S/C10H10ClNO3/c1-15-8-4-6(7(11)5-12-8)10(2-3-10)9(13)14/h4-5H,2-3H2,1H3,(H,13,14). The number of methoxy groups -OCH3 is 1. The molecule has 4 nitrogen and oxygen atoms in total. The van der Waals surface area contributed by atoms with Crippen molar-refractivity contribution in [3.8, 4) is 5.88 Å². The average Bonchev–Trinajstić information content (AvgIpc) is 2.99. The predicted octanol–water partition coefficient (Wildman–Crippen LogP) is 1.86. The first-order chi connectivity index (χ1) is 7.10. The van der Waals surface area contributed by atoms with E-state index in [1.807, 2.05) is 0 Å². The highest BCUT2D eigenvalue weighted by Gasteiger charge is 2.53. The second kappa shape index (κ2) is 3.38. The van der Waals surface area contributed by atoms with E-state index in [1.165, 1.54) is 13.3 Å². The van der Waals surface area contributed by atoms with E-state index in [0.717, 1.165) is 0 Å². The lowest BCUT2D eigenvalue weighted by molar-refractivity contribution is -0.140. The quantitative estimate of drug-likeness (QED) is 0.856. The fraction of sp³-hybridized carbons (Fsp3) is 0.400. The first kappa shape index (κ1) is 10.2. The summed E-state index contributed by atoms with van der Waals surface area (Å²) >= 11 is 5.94. The second-order valence-electron chi connectivity index (χ2n) is 3.59. The lowest BCUT2D eigenvalue weighted by Crippen LogP contribution is -2.20. The van der Waals surface area contributed by atoms with Crippen LogP contribution in [0.3, 0.4) is 0 Å². The maximum atomic E-state index is 11.1. The predicted molar refractivity (Wildman–Crippen MR) is 54.3 cm³/mol. The van der Waals surface area contributed by atoms with Gasteiger partial charge in [-0.05, 0) is 18.4 Å². The largest absolute Gasteiger partial charge is 0.481 e. The summed E-state index contributed by atoms with van der Waals surface area (Å²) in [4.78, 5) is 15.0. The molecule has 0 unspecified atom stereocenters. The molecule has 0 amide bonds. The van der Waals surface area contributed by atoms with Crippen molar-refractivity contribution in [1.82, 2.24) is 4.98 Å². The van der Waals surface area contributed by atoms with Crippen molar-refractivity contribution >= 4 is 17.6 Å². The van der Waals surface area contributed by atoms with Gasteiger partial charge in [-0.2, -0.15) is 0 Å². The summed E-state index contributed by atoms with van der Waals surface area (Å²) in [6.07, 6.45) is 2.67. The number of rotatable bonds is 3. The Labute approximate surface area is 91.8 Å². The number of pyridine rings is 1. The summed E-state index contributed by atoms with van der Waals surface area (Å²) < 4.78 is 4.95. The lowest BCUT2D eigenvalue weighted by atomic mass is 9.97. The van der Waals surface area contributed by atoms with Crippen molar-refractivity contribution < 1.29 is 14.6 Å². The fourth-order valence-corrected chi connectivity index (χ4v) is 1.91. The number of hydrogen-bond acceptors (Lipinski definition) is 3. The molecule has 0 radical (unpaired) electrons. The van der Waals surface area contributed by atoms with Gasteiger partial charge in [-0.15, -0.1) is 0 Å². The Hall–Kier alpha value is -1.29. The van der Waals surface area contributed by atoms with Crippen molar-refractivity contribution in [1.29, 1.82) is 0 Å². The summed E-state index contributed by atoms with van der Waals surface area (Å²) in [5.74, 6) is -0.445. The molecule has 15 heavy (non-hydrogen) atoms. The molecule has 0 bridgehead atoms. The van der Waals surface area contributed by atoms with Crippen LogP contribution < -0.4 is 4.74 Å². The highest BCUT2D eigenvalue weighted by molar-refractivity contribution is 6.31. The highest BCUT2D eigenvalue weighted by atomic mass is 35.5. The van der Waals surface area contributed by atoms with Crippen molar-refractivity contribution in [2.24, 2.45) is 0 Å². The van der Waals surface area contributed by atoms with Crippen LogP contribution in [0.15, 0.2) is 12.3 Å². The number of aliphatic carboxylic acids is 1. The summed E-state index contributed by atoms with van der Waals surface area (Å²) in [7, 11) is 1.49. The van der Waals surface area contributed by atoms with Gasteiger partial charge in [-0.25, -0.2) is 4.98 Å². The third kappa shape index (κ3) is 1.55. The molecule has 0 spiro atoms. The van der Waals surface area contributed by atoms with Crippen LogP contribution in [0.5, 0.6) is 5.88 Å². The maximum Gasteiger partial charge on any atom is 0.314 e. The van der Waals surface area contributed by atoms with E-state index in [9.17, 15) is 4.79 Å².